The normalized spacial score (nSPS) is 12.1. The summed E-state index contributed by atoms with van der Waals surface area (Å²) in [7, 11) is 0. The second kappa shape index (κ2) is 11.9. The first-order chi connectivity index (χ1) is 16.2. The lowest BCUT2D eigenvalue weighted by atomic mass is 9.94. The van der Waals surface area contributed by atoms with Crippen molar-refractivity contribution >= 4 is 5.91 Å². The first-order valence-corrected chi connectivity index (χ1v) is 12.4. The minimum Gasteiger partial charge on any atom is -0.489 e. The van der Waals surface area contributed by atoms with E-state index in [-0.39, 0.29) is 11.9 Å². The number of aryl methyl sites for hydroxylation is 2. The van der Waals surface area contributed by atoms with Gasteiger partial charge in [-0.05, 0) is 73.4 Å². The topological polar surface area (TPSA) is 38.3 Å². The van der Waals surface area contributed by atoms with E-state index in [0.717, 1.165) is 24.0 Å². The summed E-state index contributed by atoms with van der Waals surface area (Å²) >= 11 is 0. The summed E-state index contributed by atoms with van der Waals surface area (Å²) in [4.78, 5) is 13.2. The molecule has 0 saturated carbocycles. The lowest BCUT2D eigenvalue weighted by molar-refractivity contribution is 0.0931. The van der Waals surface area contributed by atoms with Crippen LogP contribution < -0.4 is 10.1 Å². The van der Waals surface area contributed by atoms with Crippen LogP contribution in [0.1, 0.15) is 78.3 Å². The molecule has 3 heteroatoms. The molecular weight excluding hydrogens is 418 g/mol. The van der Waals surface area contributed by atoms with Crippen molar-refractivity contribution in [2.24, 2.45) is 11.8 Å². The van der Waals surface area contributed by atoms with E-state index in [0.29, 0.717) is 29.8 Å². The molecule has 3 aromatic carbocycles. The SMILES string of the molecule is Cc1cc(C)cc(C(CC(C)C)NC(=O)c2cccc(OCc3ccc(CC(C)C)cc3)c2)c1. The predicted octanol–water partition coefficient (Wildman–Crippen LogP) is 7.60. The molecule has 180 valence electrons. The Balaban J connectivity index is 1.67. The molecule has 0 aliphatic rings. The van der Waals surface area contributed by atoms with Crippen LogP contribution in [0.3, 0.4) is 0 Å². The summed E-state index contributed by atoms with van der Waals surface area (Å²) in [6, 6.07) is 22.5. The number of ether oxygens (including phenoxy) is 1. The standard InChI is InChI=1S/C31H39NO2/c1-21(2)14-25-10-12-26(13-11-25)20-34-29-9-7-8-27(19-29)31(33)32-30(15-22(3)4)28-17-23(5)16-24(6)18-28/h7-13,16-19,21-22,30H,14-15,20H2,1-6H3,(H,32,33). The molecule has 0 aliphatic carbocycles. The second-order valence-corrected chi connectivity index (χ2v) is 10.3. The Morgan fingerprint density at radius 2 is 1.47 bits per heavy atom. The fourth-order valence-corrected chi connectivity index (χ4v) is 4.34. The molecule has 3 rings (SSSR count). The molecule has 0 saturated heterocycles. The highest BCUT2D eigenvalue weighted by atomic mass is 16.5. The van der Waals surface area contributed by atoms with Gasteiger partial charge in [-0.25, -0.2) is 0 Å². The molecule has 0 aliphatic heterocycles. The number of nitrogens with one attached hydrogen (secondary N) is 1. The quantitative estimate of drug-likeness (QED) is 0.340. The van der Waals surface area contributed by atoms with Gasteiger partial charge in [-0.1, -0.05) is 87.4 Å². The molecule has 1 N–H and O–H groups in total. The Morgan fingerprint density at radius 1 is 0.824 bits per heavy atom. The first-order valence-electron chi connectivity index (χ1n) is 12.4. The van der Waals surface area contributed by atoms with Crippen LogP contribution in [0.4, 0.5) is 0 Å². The van der Waals surface area contributed by atoms with Crippen molar-refractivity contribution in [2.75, 3.05) is 0 Å². The van der Waals surface area contributed by atoms with Crippen LogP contribution in [0.5, 0.6) is 5.75 Å². The maximum Gasteiger partial charge on any atom is 0.251 e. The molecule has 0 bridgehead atoms. The van der Waals surface area contributed by atoms with Crippen molar-refractivity contribution in [3.63, 3.8) is 0 Å². The van der Waals surface area contributed by atoms with Gasteiger partial charge in [0.1, 0.15) is 12.4 Å². The van der Waals surface area contributed by atoms with Gasteiger partial charge in [0.05, 0.1) is 6.04 Å². The Hall–Kier alpha value is -3.07. The van der Waals surface area contributed by atoms with Crippen molar-refractivity contribution in [3.8, 4) is 5.75 Å². The van der Waals surface area contributed by atoms with Gasteiger partial charge in [0, 0.05) is 5.56 Å². The lowest BCUT2D eigenvalue weighted by Gasteiger charge is -2.22. The number of carbonyl (C=O) groups is 1. The molecule has 0 radical (unpaired) electrons. The van der Waals surface area contributed by atoms with E-state index < -0.39 is 0 Å². The highest BCUT2D eigenvalue weighted by molar-refractivity contribution is 5.94. The number of hydrogen-bond acceptors (Lipinski definition) is 2. The van der Waals surface area contributed by atoms with Gasteiger partial charge in [-0.2, -0.15) is 0 Å². The van der Waals surface area contributed by atoms with Gasteiger partial charge in [0.2, 0.25) is 0 Å². The molecule has 34 heavy (non-hydrogen) atoms. The van der Waals surface area contributed by atoms with E-state index in [1.54, 1.807) is 0 Å². The number of rotatable bonds is 10. The number of hydrogen-bond donors (Lipinski definition) is 1. The van der Waals surface area contributed by atoms with Crippen molar-refractivity contribution in [1.82, 2.24) is 5.32 Å². The molecule has 0 heterocycles. The van der Waals surface area contributed by atoms with Crippen LogP contribution in [0.25, 0.3) is 0 Å². The fourth-order valence-electron chi connectivity index (χ4n) is 4.34. The zero-order valence-electron chi connectivity index (χ0n) is 21.5. The molecular formula is C31H39NO2. The second-order valence-electron chi connectivity index (χ2n) is 10.3. The molecule has 0 fully saturated rings. The van der Waals surface area contributed by atoms with Crippen molar-refractivity contribution in [3.05, 3.63) is 100 Å². The summed E-state index contributed by atoms with van der Waals surface area (Å²) in [6.45, 7) is 13.5. The molecule has 0 aromatic heterocycles. The average Bonchev–Trinajstić information content (AvgIpc) is 2.77. The third-order valence-corrected chi connectivity index (χ3v) is 5.83. The predicted molar refractivity (Wildman–Crippen MR) is 141 cm³/mol. The number of benzene rings is 3. The molecule has 1 amide bonds. The highest BCUT2D eigenvalue weighted by Gasteiger charge is 2.18. The fraction of sp³-hybridized carbons (Fsp3) is 0.387. The van der Waals surface area contributed by atoms with Crippen molar-refractivity contribution < 1.29 is 9.53 Å². The molecule has 1 unspecified atom stereocenters. The van der Waals surface area contributed by atoms with Crippen LogP contribution in [0.2, 0.25) is 0 Å². The van der Waals surface area contributed by atoms with E-state index in [1.165, 1.54) is 16.7 Å². The van der Waals surface area contributed by atoms with Crippen LogP contribution >= 0.6 is 0 Å². The van der Waals surface area contributed by atoms with Crippen molar-refractivity contribution in [1.29, 1.82) is 0 Å². The summed E-state index contributed by atoms with van der Waals surface area (Å²) in [5.41, 5.74) is 6.67. The molecule has 3 aromatic rings. The summed E-state index contributed by atoms with van der Waals surface area (Å²) in [6.07, 6.45) is 1.97. The number of carbonyl (C=O) groups excluding carboxylic acids is 1. The van der Waals surface area contributed by atoms with Crippen LogP contribution in [0.15, 0.2) is 66.7 Å². The maximum atomic E-state index is 13.2. The summed E-state index contributed by atoms with van der Waals surface area (Å²) < 4.78 is 6.01. The van der Waals surface area contributed by atoms with E-state index in [4.69, 9.17) is 4.74 Å². The van der Waals surface area contributed by atoms with E-state index >= 15 is 0 Å². The molecule has 1 atom stereocenters. The highest BCUT2D eigenvalue weighted by Crippen LogP contribution is 2.25. The van der Waals surface area contributed by atoms with Gasteiger partial charge in [-0.3, -0.25) is 4.79 Å². The molecule has 0 spiro atoms. The van der Waals surface area contributed by atoms with Gasteiger partial charge >= 0.3 is 0 Å². The number of amides is 1. The maximum absolute atomic E-state index is 13.2. The Kier molecular flexibility index (Phi) is 8.92. The lowest BCUT2D eigenvalue weighted by Crippen LogP contribution is -2.29. The smallest absolute Gasteiger partial charge is 0.251 e. The third-order valence-electron chi connectivity index (χ3n) is 5.83. The van der Waals surface area contributed by atoms with E-state index in [9.17, 15) is 4.79 Å². The van der Waals surface area contributed by atoms with Crippen LogP contribution in [0, 0.1) is 25.7 Å². The zero-order valence-corrected chi connectivity index (χ0v) is 21.5. The van der Waals surface area contributed by atoms with E-state index in [2.05, 4.69) is 89.3 Å². The summed E-state index contributed by atoms with van der Waals surface area (Å²) in [5, 5.41) is 3.26. The van der Waals surface area contributed by atoms with Crippen molar-refractivity contribution in [2.45, 2.75) is 67.0 Å². The minimum absolute atomic E-state index is 0.0278. The monoisotopic (exact) mass is 457 g/mol. The van der Waals surface area contributed by atoms with Crippen LogP contribution in [-0.4, -0.2) is 5.91 Å². The van der Waals surface area contributed by atoms with Gasteiger partial charge in [0.25, 0.3) is 5.91 Å². The zero-order chi connectivity index (χ0) is 24.7. The average molecular weight is 458 g/mol. The molecule has 3 nitrogen and oxygen atoms in total. The third kappa shape index (κ3) is 7.76. The van der Waals surface area contributed by atoms with Gasteiger partial charge in [-0.15, -0.1) is 0 Å². The van der Waals surface area contributed by atoms with E-state index in [1.807, 2.05) is 24.3 Å². The summed E-state index contributed by atoms with van der Waals surface area (Å²) in [5.74, 6) is 1.73. The van der Waals surface area contributed by atoms with Crippen LogP contribution in [-0.2, 0) is 13.0 Å². The first kappa shape index (κ1) is 25.6. The Bertz CT molecular complexity index is 1060. The van der Waals surface area contributed by atoms with Gasteiger partial charge < -0.3 is 10.1 Å². The van der Waals surface area contributed by atoms with Gasteiger partial charge in [0.15, 0.2) is 0 Å². The Labute approximate surface area is 205 Å². The Morgan fingerprint density at radius 3 is 2.09 bits per heavy atom. The minimum atomic E-state index is -0.0757. The largest absolute Gasteiger partial charge is 0.489 e.